The first kappa shape index (κ1) is 18.4. The first-order chi connectivity index (χ1) is 13.5. The minimum absolute atomic E-state index is 0.0467. The van der Waals surface area contributed by atoms with Crippen molar-refractivity contribution >= 4 is 32.5 Å². The topological polar surface area (TPSA) is 88.6 Å². The normalized spacial score (nSPS) is 13.8. The molecule has 2 aromatic carbocycles. The fraction of sp³-hybridized carbons (Fsp3) is 0.200. The van der Waals surface area contributed by atoms with Crippen LogP contribution in [0.4, 0.5) is 5.69 Å². The fourth-order valence-electron chi connectivity index (χ4n) is 3.23. The summed E-state index contributed by atoms with van der Waals surface area (Å²) in [5, 5.41) is 0.957. The Bertz CT molecular complexity index is 1160. The molecule has 0 radical (unpaired) electrons. The van der Waals surface area contributed by atoms with Gasteiger partial charge in [-0.05, 0) is 35.9 Å². The molecule has 0 spiro atoms. The van der Waals surface area contributed by atoms with Gasteiger partial charge in [0.15, 0.2) is 0 Å². The van der Waals surface area contributed by atoms with Crippen LogP contribution in [-0.2, 0) is 21.2 Å². The Morgan fingerprint density at radius 3 is 2.86 bits per heavy atom. The Balaban J connectivity index is 1.41. The number of benzene rings is 2. The fourth-order valence-corrected chi connectivity index (χ4v) is 4.29. The quantitative estimate of drug-likeness (QED) is 0.644. The van der Waals surface area contributed by atoms with Gasteiger partial charge >= 0.3 is 0 Å². The third-order valence-corrected chi connectivity index (χ3v) is 6.14. The number of likely N-dealkylation sites (N-methyl/N-ethyl adjacent to an activating group) is 1. The molecule has 1 N–H and O–H groups in total. The van der Waals surface area contributed by atoms with Crippen molar-refractivity contribution < 1.29 is 17.9 Å². The first-order valence-corrected chi connectivity index (χ1v) is 10.3. The summed E-state index contributed by atoms with van der Waals surface area (Å²) in [6.07, 6.45) is 1.90. The van der Waals surface area contributed by atoms with Crippen molar-refractivity contribution in [1.29, 1.82) is 0 Å². The molecule has 0 bridgehead atoms. The van der Waals surface area contributed by atoms with Gasteiger partial charge in [-0.1, -0.05) is 18.2 Å². The van der Waals surface area contributed by atoms with Crippen molar-refractivity contribution in [3.63, 3.8) is 0 Å². The van der Waals surface area contributed by atoms with Gasteiger partial charge in [0.2, 0.25) is 15.9 Å². The molecule has 1 amide bonds. The highest BCUT2D eigenvalue weighted by Crippen LogP contribution is 2.29. The number of nitrogens with zero attached hydrogens (tertiary/aromatic N) is 2. The van der Waals surface area contributed by atoms with Crippen LogP contribution >= 0.6 is 0 Å². The molecule has 0 aliphatic carbocycles. The molecule has 1 aliphatic rings. The predicted molar refractivity (Wildman–Crippen MR) is 106 cm³/mol. The van der Waals surface area contributed by atoms with Crippen LogP contribution in [0.1, 0.15) is 5.56 Å². The zero-order chi connectivity index (χ0) is 19.7. The van der Waals surface area contributed by atoms with Crippen LogP contribution in [0.3, 0.4) is 0 Å². The van der Waals surface area contributed by atoms with Crippen LogP contribution in [-0.4, -0.2) is 39.5 Å². The van der Waals surface area contributed by atoms with Crippen LogP contribution in [0.2, 0.25) is 0 Å². The second-order valence-electron chi connectivity index (χ2n) is 6.50. The highest BCUT2D eigenvalue weighted by atomic mass is 32.2. The number of ether oxygens (including phenoxy) is 1. The molecule has 7 nitrogen and oxygen atoms in total. The Hall–Kier alpha value is -2.97. The average molecular weight is 397 g/mol. The van der Waals surface area contributed by atoms with E-state index in [9.17, 15) is 13.2 Å². The summed E-state index contributed by atoms with van der Waals surface area (Å²) in [5.74, 6) is 0.561. The van der Waals surface area contributed by atoms with Gasteiger partial charge in [0.1, 0.15) is 17.9 Å². The van der Waals surface area contributed by atoms with Gasteiger partial charge in [-0.25, -0.2) is 13.1 Å². The summed E-state index contributed by atoms with van der Waals surface area (Å²) in [6.45, 7) is 0.280. The first-order valence-electron chi connectivity index (χ1n) is 8.81. The lowest BCUT2D eigenvalue weighted by Gasteiger charge is -2.12. The van der Waals surface area contributed by atoms with E-state index < -0.39 is 10.0 Å². The van der Waals surface area contributed by atoms with Gasteiger partial charge in [-0.3, -0.25) is 9.78 Å². The zero-order valence-electron chi connectivity index (χ0n) is 15.3. The monoisotopic (exact) mass is 397 g/mol. The molecule has 28 heavy (non-hydrogen) atoms. The number of sulfonamides is 1. The summed E-state index contributed by atoms with van der Waals surface area (Å²) in [7, 11) is -2.01. The number of aromatic nitrogens is 1. The van der Waals surface area contributed by atoms with E-state index in [1.54, 1.807) is 31.4 Å². The predicted octanol–water partition coefficient (Wildman–Crippen LogP) is 2.11. The van der Waals surface area contributed by atoms with Crippen LogP contribution in [0.15, 0.2) is 59.6 Å². The van der Waals surface area contributed by atoms with E-state index in [4.69, 9.17) is 4.74 Å². The van der Waals surface area contributed by atoms with E-state index in [0.29, 0.717) is 11.3 Å². The lowest BCUT2D eigenvalue weighted by atomic mass is 10.2. The number of amides is 1. The third kappa shape index (κ3) is 3.44. The molecule has 1 aliphatic heterocycles. The van der Waals surface area contributed by atoms with E-state index >= 15 is 0 Å². The van der Waals surface area contributed by atoms with E-state index in [1.165, 1.54) is 11.0 Å². The molecular weight excluding hydrogens is 378 g/mol. The number of nitrogens with one attached hydrogen (secondary N) is 1. The van der Waals surface area contributed by atoms with E-state index in [1.807, 2.05) is 24.3 Å². The molecule has 4 rings (SSSR count). The molecule has 0 saturated carbocycles. The van der Waals surface area contributed by atoms with Crippen LogP contribution in [0.25, 0.3) is 10.9 Å². The highest BCUT2D eigenvalue weighted by molar-refractivity contribution is 7.89. The molecule has 0 atom stereocenters. The maximum atomic E-state index is 12.5. The molecule has 144 valence electrons. The van der Waals surface area contributed by atoms with Crippen LogP contribution in [0, 0.1) is 0 Å². The number of carbonyl (C=O) groups is 1. The largest absolute Gasteiger partial charge is 0.490 e. The molecule has 0 saturated heterocycles. The average Bonchev–Trinajstić information content (AvgIpc) is 2.98. The number of para-hydroxylation sites is 1. The van der Waals surface area contributed by atoms with Crippen LogP contribution in [0.5, 0.6) is 5.75 Å². The maximum absolute atomic E-state index is 12.5. The summed E-state index contributed by atoms with van der Waals surface area (Å²) in [5.41, 5.74) is 2.20. The van der Waals surface area contributed by atoms with Gasteiger partial charge in [0.25, 0.3) is 0 Å². The lowest BCUT2D eigenvalue weighted by molar-refractivity contribution is -0.117. The lowest BCUT2D eigenvalue weighted by Crippen LogP contribution is -2.28. The van der Waals surface area contributed by atoms with E-state index in [-0.39, 0.29) is 30.4 Å². The smallest absolute Gasteiger partial charge is 0.240 e. The Kier molecular flexibility index (Phi) is 4.74. The van der Waals surface area contributed by atoms with Crippen molar-refractivity contribution in [3.8, 4) is 5.75 Å². The third-order valence-electron chi connectivity index (χ3n) is 4.69. The number of pyridine rings is 1. The minimum Gasteiger partial charge on any atom is -0.490 e. The second-order valence-corrected chi connectivity index (χ2v) is 8.26. The Labute approximate surface area is 163 Å². The van der Waals surface area contributed by atoms with Gasteiger partial charge in [0.05, 0.1) is 11.3 Å². The summed E-state index contributed by atoms with van der Waals surface area (Å²) in [6, 6.07) is 14.1. The number of carbonyl (C=O) groups excluding carboxylic acids is 1. The molecule has 0 fully saturated rings. The molecule has 2 heterocycles. The molecule has 1 aromatic heterocycles. The second kappa shape index (κ2) is 7.21. The number of hydrogen-bond donors (Lipinski definition) is 1. The van der Waals surface area contributed by atoms with Gasteiger partial charge in [0, 0.05) is 30.9 Å². The van der Waals surface area contributed by atoms with Gasteiger partial charge in [-0.15, -0.1) is 0 Å². The molecule has 8 heteroatoms. The van der Waals surface area contributed by atoms with E-state index in [2.05, 4.69) is 9.71 Å². The molecule has 0 unspecified atom stereocenters. The zero-order valence-corrected chi connectivity index (χ0v) is 16.1. The Morgan fingerprint density at radius 2 is 2.00 bits per heavy atom. The van der Waals surface area contributed by atoms with Gasteiger partial charge in [-0.2, -0.15) is 0 Å². The molecule has 3 aromatic rings. The van der Waals surface area contributed by atoms with Gasteiger partial charge < -0.3 is 9.64 Å². The standard InChI is InChI=1S/C20H19N3O4S/c1-23-17-8-7-16(12-15(17)13-19(23)24)28(25,26)22-10-11-27-18-6-2-4-14-5-3-9-21-20(14)18/h2-9,12,22H,10-11,13H2,1H3. The van der Waals surface area contributed by atoms with Crippen molar-refractivity contribution in [2.75, 3.05) is 25.1 Å². The Morgan fingerprint density at radius 1 is 1.18 bits per heavy atom. The maximum Gasteiger partial charge on any atom is 0.240 e. The number of hydrogen-bond acceptors (Lipinski definition) is 5. The summed E-state index contributed by atoms with van der Waals surface area (Å²) in [4.78, 5) is 17.7. The van der Waals surface area contributed by atoms with E-state index in [0.717, 1.165) is 16.6 Å². The number of fused-ring (bicyclic) bond motifs is 2. The summed E-state index contributed by atoms with van der Waals surface area (Å²) < 4.78 is 33.3. The SMILES string of the molecule is CN1C(=O)Cc2cc(S(=O)(=O)NCCOc3cccc4cccnc34)ccc21. The van der Waals surface area contributed by atoms with Crippen molar-refractivity contribution in [2.24, 2.45) is 0 Å². The van der Waals surface area contributed by atoms with Crippen molar-refractivity contribution in [2.45, 2.75) is 11.3 Å². The molecular formula is C20H19N3O4S. The number of anilines is 1. The number of rotatable bonds is 6. The van der Waals surface area contributed by atoms with Crippen LogP contribution < -0.4 is 14.4 Å². The van der Waals surface area contributed by atoms with Crippen molar-refractivity contribution in [1.82, 2.24) is 9.71 Å². The summed E-state index contributed by atoms with van der Waals surface area (Å²) >= 11 is 0. The highest BCUT2D eigenvalue weighted by Gasteiger charge is 2.26. The van der Waals surface area contributed by atoms with Crippen molar-refractivity contribution in [3.05, 3.63) is 60.3 Å². The minimum atomic E-state index is -3.69.